The molecule has 1 saturated heterocycles. The molecule has 1 atom stereocenters. The summed E-state index contributed by atoms with van der Waals surface area (Å²) in [4.78, 5) is 0. The first-order valence-electron chi connectivity index (χ1n) is 4.45. The van der Waals surface area contributed by atoms with Crippen molar-refractivity contribution in [1.82, 2.24) is 5.32 Å². The van der Waals surface area contributed by atoms with Gasteiger partial charge in [0, 0.05) is 15.5 Å². The third-order valence-corrected chi connectivity index (χ3v) is 3.02. The van der Waals surface area contributed by atoms with E-state index in [0.29, 0.717) is 6.04 Å². The van der Waals surface area contributed by atoms with E-state index in [2.05, 4.69) is 27.3 Å². The minimum absolute atomic E-state index is 0.495. The van der Waals surface area contributed by atoms with Crippen LogP contribution in [0.3, 0.4) is 0 Å². The number of rotatable bonds is 1. The first-order chi connectivity index (χ1) is 6.25. The molecule has 1 aliphatic rings. The lowest BCUT2D eigenvalue weighted by atomic mass is 10.1. The standard InChI is InChI=1S/C10H11BrClN/c11-8-4-7(5-9(12)6-8)10-2-1-3-13-10/h4-6,10,13H,1-3H2. The summed E-state index contributed by atoms with van der Waals surface area (Å²) in [7, 11) is 0. The fraction of sp³-hybridized carbons (Fsp3) is 0.400. The molecular formula is C10H11BrClN. The minimum Gasteiger partial charge on any atom is -0.310 e. The van der Waals surface area contributed by atoms with Crippen molar-refractivity contribution in [2.45, 2.75) is 18.9 Å². The molecule has 0 amide bonds. The summed E-state index contributed by atoms with van der Waals surface area (Å²) in [6.07, 6.45) is 2.47. The van der Waals surface area contributed by atoms with Gasteiger partial charge in [-0.05, 0) is 43.1 Å². The van der Waals surface area contributed by atoms with Crippen molar-refractivity contribution in [3.8, 4) is 0 Å². The highest BCUT2D eigenvalue weighted by Crippen LogP contribution is 2.28. The third kappa shape index (κ3) is 2.25. The van der Waals surface area contributed by atoms with E-state index in [0.717, 1.165) is 16.0 Å². The van der Waals surface area contributed by atoms with Crippen LogP contribution in [0.1, 0.15) is 24.4 Å². The second-order valence-corrected chi connectivity index (χ2v) is 4.70. The maximum atomic E-state index is 5.97. The Labute approximate surface area is 91.6 Å². The van der Waals surface area contributed by atoms with Gasteiger partial charge in [0.15, 0.2) is 0 Å². The van der Waals surface area contributed by atoms with Crippen LogP contribution in [0.25, 0.3) is 0 Å². The van der Waals surface area contributed by atoms with E-state index >= 15 is 0 Å². The number of halogens is 2. The zero-order chi connectivity index (χ0) is 9.26. The molecule has 13 heavy (non-hydrogen) atoms. The normalized spacial score (nSPS) is 22.2. The SMILES string of the molecule is Clc1cc(Br)cc(C2CCCN2)c1. The second-order valence-electron chi connectivity index (χ2n) is 3.35. The Hall–Kier alpha value is -0.0500. The Morgan fingerprint density at radius 3 is 2.85 bits per heavy atom. The van der Waals surface area contributed by atoms with Gasteiger partial charge in [-0.3, -0.25) is 0 Å². The molecule has 2 rings (SSSR count). The van der Waals surface area contributed by atoms with E-state index in [9.17, 15) is 0 Å². The molecule has 0 aromatic heterocycles. The molecule has 1 aromatic carbocycles. The van der Waals surface area contributed by atoms with Crippen LogP contribution in [0, 0.1) is 0 Å². The molecule has 1 nitrogen and oxygen atoms in total. The largest absolute Gasteiger partial charge is 0.310 e. The molecule has 1 fully saturated rings. The Bertz CT molecular complexity index is 288. The Kier molecular flexibility index (Phi) is 2.92. The first kappa shape index (κ1) is 9.50. The average Bonchev–Trinajstić information content (AvgIpc) is 2.53. The van der Waals surface area contributed by atoms with Crippen molar-refractivity contribution >= 4 is 27.5 Å². The summed E-state index contributed by atoms with van der Waals surface area (Å²) in [5, 5.41) is 4.25. The molecule has 1 aliphatic heterocycles. The summed E-state index contributed by atoms with van der Waals surface area (Å²) in [5.41, 5.74) is 1.29. The predicted octanol–water partition coefficient (Wildman–Crippen LogP) is 3.53. The number of hydrogen-bond donors (Lipinski definition) is 1. The zero-order valence-electron chi connectivity index (χ0n) is 7.19. The molecule has 1 N–H and O–H groups in total. The van der Waals surface area contributed by atoms with Crippen LogP contribution >= 0.6 is 27.5 Å². The second kappa shape index (κ2) is 3.99. The summed E-state index contributed by atoms with van der Waals surface area (Å²) in [6.45, 7) is 1.12. The van der Waals surface area contributed by atoms with Gasteiger partial charge in [-0.2, -0.15) is 0 Å². The fourth-order valence-corrected chi connectivity index (χ4v) is 2.63. The molecular weight excluding hydrogens is 249 g/mol. The lowest BCUT2D eigenvalue weighted by molar-refractivity contribution is 0.647. The number of hydrogen-bond acceptors (Lipinski definition) is 1. The van der Waals surface area contributed by atoms with Gasteiger partial charge in [-0.1, -0.05) is 27.5 Å². The summed E-state index contributed by atoms with van der Waals surface area (Å²) in [6, 6.07) is 6.58. The van der Waals surface area contributed by atoms with Gasteiger partial charge in [-0.15, -0.1) is 0 Å². The molecule has 0 bridgehead atoms. The lowest BCUT2D eigenvalue weighted by Crippen LogP contribution is -2.12. The van der Waals surface area contributed by atoms with Crippen molar-refractivity contribution in [3.63, 3.8) is 0 Å². The highest BCUT2D eigenvalue weighted by atomic mass is 79.9. The zero-order valence-corrected chi connectivity index (χ0v) is 9.53. The van der Waals surface area contributed by atoms with E-state index in [4.69, 9.17) is 11.6 Å². The van der Waals surface area contributed by atoms with E-state index in [1.165, 1.54) is 18.4 Å². The third-order valence-electron chi connectivity index (χ3n) is 2.35. The number of benzene rings is 1. The lowest BCUT2D eigenvalue weighted by Gasteiger charge is -2.11. The molecule has 1 aromatic rings. The smallest absolute Gasteiger partial charge is 0.0420 e. The van der Waals surface area contributed by atoms with Crippen LogP contribution in [0.2, 0.25) is 5.02 Å². The van der Waals surface area contributed by atoms with Crippen LogP contribution in [0.4, 0.5) is 0 Å². The van der Waals surface area contributed by atoms with E-state index in [1.807, 2.05) is 12.1 Å². The molecule has 0 radical (unpaired) electrons. The van der Waals surface area contributed by atoms with Crippen LogP contribution in [0.15, 0.2) is 22.7 Å². The van der Waals surface area contributed by atoms with Gasteiger partial charge in [0.2, 0.25) is 0 Å². The van der Waals surface area contributed by atoms with Crippen LogP contribution < -0.4 is 5.32 Å². The quantitative estimate of drug-likeness (QED) is 0.814. The van der Waals surface area contributed by atoms with E-state index < -0.39 is 0 Å². The summed E-state index contributed by atoms with van der Waals surface area (Å²) < 4.78 is 1.06. The number of nitrogens with one attached hydrogen (secondary N) is 1. The Morgan fingerprint density at radius 1 is 1.38 bits per heavy atom. The Morgan fingerprint density at radius 2 is 2.23 bits per heavy atom. The molecule has 1 unspecified atom stereocenters. The van der Waals surface area contributed by atoms with Gasteiger partial charge in [0.25, 0.3) is 0 Å². The van der Waals surface area contributed by atoms with Crippen molar-refractivity contribution in [2.24, 2.45) is 0 Å². The fourth-order valence-electron chi connectivity index (χ4n) is 1.75. The predicted molar refractivity (Wildman–Crippen MR) is 59.1 cm³/mol. The molecule has 70 valence electrons. The maximum absolute atomic E-state index is 5.97. The highest BCUT2D eigenvalue weighted by molar-refractivity contribution is 9.10. The van der Waals surface area contributed by atoms with Crippen molar-refractivity contribution < 1.29 is 0 Å². The minimum atomic E-state index is 0.495. The van der Waals surface area contributed by atoms with Crippen molar-refractivity contribution in [1.29, 1.82) is 0 Å². The molecule has 0 saturated carbocycles. The van der Waals surface area contributed by atoms with E-state index in [1.54, 1.807) is 0 Å². The molecule has 1 heterocycles. The van der Waals surface area contributed by atoms with Gasteiger partial charge in [0.05, 0.1) is 0 Å². The van der Waals surface area contributed by atoms with Gasteiger partial charge >= 0.3 is 0 Å². The molecule has 0 aliphatic carbocycles. The van der Waals surface area contributed by atoms with Gasteiger partial charge in [0.1, 0.15) is 0 Å². The van der Waals surface area contributed by atoms with Crippen LogP contribution in [-0.2, 0) is 0 Å². The Balaban J connectivity index is 2.28. The highest BCUT2D eigenvalue weighted by Gasteiger charge is 2.16. The monoisotopic (exact) mass is 259 g/mol. The van der Waals surface area contributed by atoms with Gasteiger partial charge in [-0.25, -0.2) is 0 Å². The van der Waals surface area contributed by atoms with E-state index in [-0.39, 0.29) is 0 Å². The maximum Gasteiger partial charge on any atom is 0.0420 e. The van der Waals surface area contributed by atoms with Crippen LogP contribution in [-0.4, -0.2) is 6.54 Å². The first-order valence-corrected chi connectivity index (χ1v) is 5.62. The van der Waals surface area contributed by atoms with Crippen molar-refractivity contribution in [2.75, 3.05) is 6.54 Å². The summed E-state index contributed by atoms with van der Waals surface area (Å²) >= 11 is 9.42. The average molecular weight is 261 g/mol. The van der Waals surface area contributed by atoms with Crippen LogP contribution in [0.5, 0.6) is 0 Å². The van der Waals surface area contributed by atoms with Crippen molar-refractivity contribution in [3.05, 3.63) is 33.3 Å². The summed E-state index contributed by atoms with van der Waals surface area (Å²) in [5.74, 6) is 0. The molecule has 0 spiro atoms. The molecule has 3 heteroatoms. The van der Waals surface area contributed by atoms with Gasteiger partial charge < -0.3 is 5.32 Å². The topological polar surface area (TPSA) is 12.0 Å².